The molecule has 2 amide bonds. The molecule has 0 spiro atoms. The molecule has 0 saturated heterocycles. The molecule has 0 radical (unpaired) electrons. The number of pyridine rings is 2. The number of aryl methyl sites for hydroxylation is 1. The zero-order valence-corrected chi connectivity index (χ0v) is 25.5. The summed E-state index contributed by atoms with van der Waals surface area (Å²) in [5.74, 6) is -2.20. The number of carbonyl (C=O) groups is 3. The number of esters is 1. The predicted octanol–water partition coefficient (Wildman–Crippen LogP) is 2.60. The van der Waals surface area contributed by atoms with E-state index in [1.165, 1.54) is 15.5 Å². The van der Waals surface area contributed by atoms with E-state index < -0.39 is 41.0 Å². The Morgan fingerprint density at radius 3 is 2.69 bits per heavy atom. The first kappa shape index (κ1) is 29.8. The van der Waals surface area contributed by atoms with Crippen LogP contribution in [-0.4, -0.2) is 61.6 Å². The summed E-state index contributed by atoms with van der Waals surface area (Å²) in [4.78, 5) is 58.9. The Bertz CT molecular complexity index is 1890. The van der Waals surface area contributed by atoms with Crippen LogP contribution in [0.3, 0.4) is 0 Å². The fourth-order valence-electron chi connectivity index (χ4n) is 7.05. The first-order chi connectivity index (χ1) is 21.4. The molecule has 3 atom stereocenters. The lowest BCUT2D eigenvalue weighted by Crippen LogP contribution is -2.45. The summed E-state index contributed by atoms with van der Waals surface area (Å²) >= 11 is 6.44. The van der Waals surface area contributed by atoms with Gasteiger partial charge in [-0.25, -0.2) is 14.2 Å². The van der Waals surface area contributed by atoms with E-state index in [0.717, 1.165) is 12.8 Å². The average molecular weight is 639 g/mol. The molecule has 45 heavy (non-hydrogen) atoms. The zero-order valence-electron chi connectivity index (χ0n) is 24.8. The van der Waals surface area contributed by atoms with Crippen molar-refractivity contribution in [3.63, 3.8) is 0 Å². The van der Waals surface area contributed by atoms with Crippen LogP contribution in [0.1, 0.15) is 73.4 Å². The Morgan fingerprint density at radius 2 is 2.00 bits per heavy atom. The maximum absolute atomic E-state index is 15.0. The summed E-state index contributed by atoms with van der Waals surface area (Å²) in [5.41, 5.74) is 0.771. The number of cyclic esters (lactones) is 1. The van der Waals surface area contributed by atoms with Gasteiger partial charge in [0, 0.05) is 35.0 Å². The van der Waals surface area contributed by atoms with Crippen molar-refractivity contribution < 1.29 is 33.7 Å². The van der Waals surface area contributed by atoms with E-state index in [9.17, 15) is 29.4 Å². The number of benzene rings is 1. The lowest BCUT2D eigenvalue weighted by atomic mass is 9.83. The van der Waals surface area contributed by atoms with Crippen molar-refractivity contribution in [1.82, 2.24) is 19.8 Å². The molecule has 2 aliphatic carbocycles. The smallest absolute Gasteiger partial charge is 0.343 e. The molecule has 1 saturated carbocycles. The van der Waals surface area contributed by atoms with Crippen LogP contribution in [0.25, 0.3) is 22.3 Å². The molecule has 7 rings (SSSR count). The van der Waals surface area contributed by atoms with Gasteiger partial charge in [-0.05, 0) is 56.2 Å². The largest absolute Gasteiger partial charge is 0.458 e. The molecular weight excluding hydrogens is 607 g/mol. The van der Waals surface area contributed by atoms with E-state index in [1.54, 1.807) is 19.9 Å². The van der Waals surface area contributed by atoms with Gasteiger partial charge in [0.05, 0.1) is 52.7 Å². The van der Waals surface area contributed by atoms with Crippen molar-refractivity contribution in [2.45, 2.75) is 76.9 Å². The number of hydrogen-bond acceptors (Lipinski definition) is 8. The molecular formula is C32H32ClFN4O7. The van der Waals surface area contributed by atoms with Crippen LogP contribution in [0.5, 0.6) is 0 Å². The molecule has 1 fully saturated rings. The molecule has 2 aliphatic heterocycles. The molecule has 4 aliphatic rings. The topological polar surface area (TPSA) is 151 Å². The van der Waals surface area contributed by atoms with Crippen LogP contribution in [0.15, 0.2) is 16.9 Å². The molecule has 3 N–H and O–H groups in total. The fraction of sp³-hybridized carbons (Fsp3) is 0.469. The second kappa shape index (κ2) is 10.6. The lowest BCUT2D eigenvalue weighted by molar-refractivity contribution is -0.172. The molecule has 236 valence electrons. The molecule has 3 aromatic rings. The van der Waals surface area contributed by atoms with Crippen LogP contribution >= 0.6 is 11.6 Å². The van der Waals surface area contributed by atoms with Crippen molar-refractivity contribution in [3.8, 4) is 11.4 Å². The van der Waals surface area contributed by atoms with Crippen LogP contribution < -0.4 is 10.9 Å². The molecule has 11 nitrogen and oxygen atoms in total. The highest BCUT2D eigenvalue weighted by Crippen LogP contribution is 2.46. The molecule has 4 heterocycles. The summed E-state index contributed by atoms with van der Waals surface area (Å²) < 4.78 is 21.7. The summed E-state index contributed by atoms with van der Waals surface area (Å²) in [5, 5.41) is 24.8. The first-order valence-corrected chi connectivity index (χ1v) is 15.6. The van der Waals surface area contributed by atoms with E-state index in [4.69, 9.17) is 21.3 Å². The molecule has 1 aromatic carbocycles. The van der Waals surface area contributed by atoms with Crippen LogP contribution in [0.2, 0.25) is 5.02 Å². The third-order valence-corrected chi connectivity index (χ3v) is 9.84. The van der Waals surface area contributed by atoms with Crippen molar-refractivity contribution in [1.29, 1.82) is 0 Å². The van der Waals surface area contributed by atoms with Gasteiger partial charge in [0.1, 0.15) is 12.4 Å². The van der Waals surface area contributed by atoms with E-state index in [0.29, 0.717) is 51.8 Å². The second-order valence-electron chi connectivity index (χ2n) is 12.5. The average Bonchev–Trinajstić information content (AvgIpc) is 3.79. The first-order valence-electron chi connectivity index (χ1n) is 15.2. The van der Waals surface area contributed by atoms with Crippen LogP contribution in [0.4, 0.5) is 4.39 Å². The third-order valence-electron chi connectivity index (χ3n) is 9.43. The highest BCUT2D eigenvalue weighted by Gasteiger charge is 2.46. The Balaban J connectivity index is 1.34. The Hall–Kier alpha value is -3.87. The van der Waals surface area contributed by atoms with Gasteiger partial charge in [0.15, 0.2) is 5.60 Å². The number of aliphatic hydroxyl groups is 2. The number of aliphatic hydroxyl groups excluding tert-OH is 1. The summed E-state index contributed by atoms with van der Waals surface area (Å²) in [6.45, 7) is 2.78. The monoisotopic (exact) mass is 638 g/mol. The van der Waals surface area contributed by atoms with Crippen molar-refractivity contribution in [2.24, 2.45) is 5.92 Å². The molecule has 2 unspecified atom stereocenters. The normalized spacial score (nSPS) is 21.9. The highest BCUT2D eigenvalue weighted by molar-refractivity contribution is 6.32. The van der Waals surface area contributed by atoms with Gasteiger partial charge >= 0.3 is 5.97 Å². The minimum Gasteiger partial charge on any atom is -0.458 e. The van der Waals surface area contributed by atoms with E-state index in [-0.39, 0.29) is 60.6 Å². The number of hydrogen-bond donors (Lipinski definition) is 3. The Kier molecular flexibility index (Phi) is 7.03. The molecule has 13 heteroatoms. The Labute approximate surface area is 261 Å². The van der Waals surface area contributed by atoms with Gasteiger partial charge in [-0.15, -0.1) is 0 Å². The van der Waals surface area contributed by atoms with Gasteiger partial charge in [-0.1, -0.05) is 18.5 Å². The molecule has 0 bridgehead atoms. The second-order valence-corrected chi connectivity index (χ2v) is 12.9. The minimum absolute atomic E-state index is 0.0124. The maximum atomic E-state index is 15.0. The van der Waals surface area contributed by atoms with E-state index in [2.05, 4.69) is 5.32 Å². The number of fused-ring (bicyclic) bond motifs is 5. The van der Waals surface area contributed by atoms with E-state index in [1.807, 2.05) is 0 Å². The lowest BCUT2D eigenvalue weighted by Gasteiger charge is -2.31. The van der Waals surface area contributed by atoms with Crippen molar-refractivity contribution >= 4 is 40.3 Å². The standard InChI is InChI=1S/C32H32ClFN4O7/c1-3-32(44)19-8-23-28-17(11-38(23)30(42)18(19)13-45-31(32)43)26-21(7-6-16-25(26)22(36-28)9-20(34)27(16)33)35-24(40)12-37(10-14(2)39)29(41)15-4-5-15/h8-9,14-15,21,39,44H,3-7,10-13H2,1-2H3,(H,35,40)/t14?,21?,32-/m0/s1. The number of nitrogens with one attached hydrogen (secondary N) is 1. The summed E-state index contributed by atoms with van der Waals surface area (Å²) in [7, 11) is 0. The van der Waals surface area contributed by atoms with Gasteiger partial charge < -0.3 is 29.7 Å². The number of amides is 2. The minimum atomic E-state index is -2.00. The number of carbonyl (C=O) groups excluding carboxylic acids is 3. The van der Waals surface area contributed by atoms with Crippen molar-refractivity contribution in [2.75, 3.05) is 13.1 Å². The van der Waals surface area contributed by atoms with Gasteiger partial charge in [-0.3, -0.25) is 14.4 Å². The number of aromatic nitrogens is 2. The number of halogens is 2. The quantitative estimate of drug-likeness (QED) is 0.262. The number of ether oxygens (including phenoxy) is 1. The number of nitrogens with zero attached hydrogens (tertiary/aromatic N) is 3. The van der Waals surface area contributed by atoms with Gasteiger partial charge in [-0.2, -0.15) is 0 Å². The van der Waals surface area contributed by atoms with Crippen LogP contribution in [0, 0.1) is 11.7 Å². The zero-order chi connectivity index (χ0) is 31.9. The Morgan fingerprint density at radius 1 is 1.24 bits per heavy atom. The van der Waals surface area contributed by atoms with Gasteiger partial charge in [0.2, 0.25) is 11.8 Å². The molecule has 2 aromatic heterocycles. The SMILES string of the molecule is CC[C@@]1(O)C(=O)OCc2c1cc1n(c2=O)Cc2c-1nc1cc(F)c(Cl)c3c1c2C(NC(=O)CN(CC(C)O)C(=O)C1CC1)CC3. The predicted molar refractivity (Wildman–Crippen MR) is 160 cm³/mol. The highest BCUT2D eigenvalue weighted by atomic mass is 35.5. The maximum Gasteiger partial charge on any atom is 0.343 e. The fourth-order valence-corrected chi connectivity index (χ4v) is 7.30. The van der Waals surface area contributed by atoms with Gasteiger partial charge in [0.25, 0.3) is 5.56 Å². The van der Waals surface area contributed by atoms with E-state index >= 15 is 4.39 Å². The summed E-state index contributed by atoms with van der Waals surface area (Å²) in [6.07, 6.45) is 1.42. The third kappa shape index (κ3) is 4.64. The summed E-state index contributed by atoms with van der Waals surface area (Å²) in [6, 6.07) is 2.23. The van der Waals surface area contributed by atoms with Crippen molar-refractivity contribution in [3.05, 3.63) is 61.1 Å². The number of rotatable bonds is 7. The van der Waals surface area contributed by atoms with Crippen LogP contribution in [-0.2, 0) is 44.3 Å².